The van der Waals surface area contributed by atoms with Crippen LogP contribution in [-0.2, 0) is 6.42 Å². The summed E-state index contributed by atoms with van der Waals surface area (Å²) in [6.07, 6.45) is 2.56. The lowest BCUT2D eigenvalue weighted by Crippen LogP contribution is -2.30. The van der Waals surface area contributed by atoms with Gasteiger partial charge in [-0.2, -0.15) is 0 Å². The molecule has 0 N–H and O–H groups in total. The maximum Gasteiger partial charge on any atom is 0.276 e. The number of amides is 1. The summed E-state index contributed by atoms with van der Waals surface area (Å²) >= 11 is 0. The molecule has 0 aliphatic carbocycles. The molecule has 1 aliphatic rings. The number of likely N-dealkylation sites (tertiary alicyclic amines) is 1. The third-order valence-electron chi connectivity index (χ3n) is 4.88. The quantitative estimate of drug-likeness (QED) is 0.681. The van der Waals surface area contributed by atoms with Gasteiger partial charge in [-0.3, -0.25) is 4.79 Å². The molecule has 0 spiro atoms. The molecule has 0 bridgehead atoms. The van der Waals surface area contributed by atoms with Crippen LogP contribution >= 0.6 is 0 Å². The molecule has 27 heavy (non-hydrogen) atoms. The predicted molar refractivity (Wildman–Crippen MR) is 97.4 cm³/mol. The molecule has 7 nitrogen and oxygen atoms in total. The van der Waals surface area contributed by atoms with Gasteiger partial charge < -0.3 is 18.7 Å². The number of benzene rings is 1. The van der Waals surface area contributed by atoms with Crippen LogP contribution in [-0.4, -0.2) is 34.8 Å². The van der Waals surface area contributed by atoms with E-state index >= 15 is 0 Å². The van der Waals surface area contributed by atoms with Crippen molar-refractivity contribution in [2.24, 2.45) is 0 Å². The van der Waals surface area contributed by atoms with E-state index in [1.54, 1.807) is 18.1 Å². The summed E-state index contributed by atoms with van der Waals surface area (Å²) in [6.45, 7) is 2.68. The zero-order valence-electron chi connectivity index (χ0n) is 15.3. The van der Waals surface area contributed by atoms with Gasteiger partial charge in [-0.1, -0.05) is 29.4 Å². The second-order valence-corrected chi connectivity index (χ2v) is 6.51. The third kappa shape index (κ3) is 3.20. The average molecular weight is 367 g/mol. The Labute approximate surface area is 156 Å². The standard InChI is InChI=1S/C20H21N3O4/c1-3-13-11-19(27-21-13)16-8-6-10-23(16)20(24)15-12-18(26-22-15)14-7-4-5-9-17(14)25-2/h4-5,7,9,11-12,16H,3,6,8,10H2,1-2H3/t16-/m0/s1. The summed E-state index contributed by atoms with van der Waals surface area (Å²) < 4.78 is 16.2. The Hall–Kier alpha value is -3.09. The molecule has 0 saturated carbocycles. The summed E-state index contributed by atoms with van der Waals surface area (Å²) in [5, 5.41) is 8.04. The number of rotatable bonds is 5. The highest BCUT2D eigenvalue weighted by Crippen LogP contribution is 2.35. The molecule has 3 aromatic rings. The molecule has 3 heterocycles. The summed E-state index contributed by atoms with van der Waals surface area (Å²) in [4.78, 5) is 14.8. The minimum atomic E-state index is -0.170. The predicted octanol–water partition coefficient (Wildman–Crippen LogP) is 3.88. The molecule has 4 rings (SSSR count). The number of methoxy groups -OCH3 is 1. The van der Waals surface area contributed by atoms with Crippen molar-refractivity contribution in [3.05, 3.63) is 53.5 Å². The van der Waals surface area contributed by atoms with Crippen molar-refractivity contribution in [1.82, 2.24) is 15.2 Å². The normalized spacial score (nSPS) is 16.7. The second kappa shape index (κ2) is 7.26. The van der Waals surface area contributed by atoms with Gasteiger partial charge in [0.2, 0.25) is 0 Å². The van der Waals surface area contributed by atoms with E-state index in [1.807, 2.05) is 37.3 Å². The monoisotopic (exact) mass is 367 g/mol. The number of para-hydroxylation sites is 1. The van der Waals surface area contributed by atoms with Crippen molar-refractivity contribution in [2.45, 2.75) is 32.2 Å². The van der Waals surface area contributed by atoms with Crippen molar-refractivity contribution < 1.29 is 18.6 Å². The van der Waals surface area contributed by atoms with Crippen molar-refractivity contribution in [1.29, 1.82) is 0 Å². The first-order chi connectivity index (χ1) is 13.2. The fourth-order valence-electron chi connectivity index (χ4n) is 3.46. The number of carbonyl (C=O) groups is 1. The van der Waals surface area contributed by atoms with E-state index < -0.39 is 0 Å². The van der Waals surface area contributed by atoms with Crippen molar-refractivity contribution in [3.8, 4) is 17.1 Å². The first kappa shape index (κ1) is 17.3. The van der Waals surface area contributed by atoms with Crippen LogP contribution < -0.4 is 4.74 Å². The molecule has 1 saturated heterocycles. The van der Waals surface area contributed by atoms with Gasteiger partial charge in [-0.25, -0.2) is 0 Å². The summed E-state index contributed by atoms with van der Waals surface area (Å²) in [5.74, 6) is 1.72. The fraction of sp³-hybridized carbons (Fsp3) is 0.350. The van der Waals surface area contributed by atoms with Crippen LogP contribution in [0.2, 0.25) is 0 Å². The summed E-state index contributed by atoms with van der Waals surface area (Å²) in [7, 11) is 1.60. The van der Waals surface area contributed by atoms with E-state index in [0.717, 1.165) is 36.3 Å². The average Bonchev–Trinajstić information content (AvgIpc) is 3.47. The van der Waals surface area contributed by atoms with E-state index in [9.17, 15) is 4.79 Å². The van der Waals surface area contributed by atoms with E-state index in [4.69, 9.17) is 13.8 Å². The van der Waals surface area contributed by atoms with Gasteiger partial charge in [-0.05, 0) is 31.4 Å². The Bertz CT molecular complexity index is 946. The number of carbonyl (C=O) groups excluding carboxylic acids is 1. The Morgan fingerprint density at radius 3 is 2.89 bits per heavy atom. The van der Waals surface area contributed by atoms with Crippen LogP contribution in [0.25, 0.3) is 11.3 Å². The van der Waals surface area contributed by atoms with E-state index in [0.29, 0.717) is 18.1 Å². The maximum atomic E-state index is 13.0. The molecule has 1 aliphatic heterocycles. The minimum absolute atomic E-state index is 0.114. The van der Waals surface area contributed by atoms with E-state index in [-0.39, 0.29) is 17.6 Å². The topological polar surface area (TPSA) is 81.6 Å². The first-order valence-corrected chi connectivity index (χ1v) is 9.07. The summed E-state index contributed by atoms with van der Waals surface area (Å²) in [6, 6.07) is 10.9. The van der Waals surface area contributed by atoms with Crippen LogP contribution in [0.5, 0.6) is 5.75 Å². The van der Waals surface area contributed by atoms with Gasteiger partial charge in [-0.15, -0.1) is 0 Å². The van der Waals surface area contributed by atoms with Crippen molar-refractivity contribution in [3.63, 3.8) is 0 Å². The molecule has 2 aromatic heterocycles. The van der Waals surface area contributed by atoms with Crippen LogP contribution in [0.3, 0.4) is 0 Å². The molecule has 0 radical (unpaired) electrons. The molecule has 1 aromatic carbocycles. The highest BCUT2D eigenvalue weighted by molar-refractivity contribution is 5.93. The van der Waals surface area contributed by atoms with E-state index in [2.05, 4.69) is 10.3 Å². The van der Waals surface area contributed by atoms with Gasteiger partial charge in [0.15, 0.2) is 17.2 Å². The lowest BCUT2D eigenvalue weighted by Gasteiger charge is -2.21. The van der Waals surface area contributed by atoms with Crippen molar-refractivity contribution in [2.75, 3.05) is 13.7 Å². The van der Waals surface area contributed by atoms with Crippen LogP contribution in [0.4, 0.5) is 0 Å². The number of aryl methyl sites for hydroxylation is 1. The molecule has 7 heteroatoms. The number of ether oxygens (including phenoxy) is 1. The Kier molecular flexibility index (Phi) is 4.66. The van der Waals surface area contributed by atoms with Gasteiger partial charge >= 0.3 is 0 Å². The molecule has 0 unspecified atom stereocenters. The molecule has 1 amide bonds. The number of nitrogens with zero attached hydrogens (tertiary/aromatic N) is 3. The van der Waals surface area contributed by atoms with Gasteiger partial charge in [0.1, 0.15) is 5.75 Å². The largest absolute Gasteiger partial charge is 0.496 e. The Balaban J connectivity index is 1.58. The van der Waals surface area contributed by atoms with E-state index in [1.165, 1.54) is 0 Å². The number of hydrogen-bond acceptors (Lipinski definition) is 6. The third-order valence-corrected chi connectivity index (χ3v) is 4.88. The number of hydrogen-bond donors (Lipinski definition) is 0. The zero-order chi connectivity index (χ0) is 18.8. The zero-order valence-corrected chi connectivity index (χ0v) is 15.3. The van der Waals surface area contributed by atoms with Crippen molar-refractivity contribution >= 4 is 5.91 Å². The molecule has 140 valence electrons. The first-order valence-electron chi connectivity index (χ1n) is 9.07. The SMILES string of the molecule is CCc1cc([C@@H]2CCCN2C(=O)c2cc(-c3ccccc3OC)on2)on1. The van der Waals surface area contributed by atoms with Gasteiger partial charge in [0.25, 0.3) is 5.91 Å². The van der Waals surface area contributed by atoms with Crippen LogP contribution in [0.15, 0.2) is 45.4 Å². The Morgan fingerprint density at radius 1 is 1.26 bits per heavy atom. The fourth-order valence-corrected chi connectivity index (χ4v) is 3.46. The van der Waals surface area contributed by atoms with Crippen LogP contribution in [0, 0.1) is 0 Å². The smallest absolute Gasteiger partial charge is 0.276 e. The van der Waals surface area contributed by atoms with Crippen LogP contribution in [0.1, 0.15) is 47.7 Å². The molecule has 1 atom stereocenters. The highest BCUT2D eigenvalue weighted by atomic mass is 16.5. The van der Waals surface area contributed by atoms with Gasteiger partial charge in [0.05, 0.1) is 24.4 Å². The number of aromatic nitrogens is 2. The van der Waals surface area contributed by atoms with Gasteiger partial charge in [0, 0.05) is 18.7 Å². The highest BCUT2D eigenvalue weighted by Gasteiger charge is 2.34. The maximum absolute atomic E-state index is 13.0. The lowest BCUT2D eigenvalue weighted by atomic mass is 10.1. The second-order valence-electron chi connectivity index (χ2n) is 6.51. The molecule has 1 fully saturated rings. The Morgan fingerprint density at radius 2 is 2.11 bits per heavy atom. The summed E-state index contributed by atoms with van der Waals surface area (Å²) in [5.41, 5.74) is 1.93. The molecular formula is C20H21N3O4. The lowest BCUT2D eigenvalue weighted by molar-refractivity contribution is 0.0704. The molecular weight excluding hydrogens is 346 g/mol. The minimum Gasteiger partial charge on any atom is -0.496 e.